The minimum absolute atomic E-state index is 0.118. The lowest BCUT2D eigenvalue weighted by Crippen LogP contribution is -2.26. The molecule has 0 amide bonds. The molecule has 0 fully saturated rings. The van der Waals surface area contributed by atoms with E-state index >= 15 is 0 Å². The van der Waals surface area contributed by atoms with Crippen LogP contribution in [0.2, 0.25) is 5.02 Å². The molecule has 2 N–H and O–H groups in total. The van der Waals surface area contributed by atoms with Crippen molar-refractivity contribution in [2.75, 3.05) is 4.72 Å². The van der Waals surface area contributed by atoms with Crippen molar-refractivity contribution < 1.29 is 22.5 Å². The lowest BCUT2D eigenvalue weighted by molar-refractivity contribution is -0.286. The quantitative estimate of drug-likeness (QED) is 0.723. The number of para-hydroxylation sites is 1. The number of benzene rings is 2. The number of alkyl halides is 2. The number of nitrogens with one attached hydrogen (secondary N) is 2. The number of H-pyrrole nitrogens is 1. The highest BCUT2D eigenvalue weighted by Crippen LogP contribution is 2.46. The van der Waals surface area contributed by atoms with E-state index in [1.807, 2.05) is 0 Å². The number of halogens is 3. The summed E-state index contributed by atoms with van der Waals surface area (Å²) >= 11 is 5.92. The van der Waals surface area contributed by atoms with Gasteiger partial charge in [0.15, 0.2) is 22.5 Å². The van der Waals surface area contributed by atoms with E-state index in [0.29, 0.717) is 15.3 Å². The van der Waals surface area contributed by atoms with E-state index in [1.165, 1.54) is 18.2 Å². The van der Waals surface area contributed by atoms with Gasteiger partial charge in [0, 0.05) is 22.1 Å². The Hall–Kier alpha value is -2.32. The first kappa shape index (κ1) is 15.2. The molecule has 5 nitrogen and oxygen atoms in total. The van der Waals surface area contributed by atoms with Crippen LogP contribution in [0.5, 0.6) is 11.5 Å². The summed E-state index contributed by atoms with van der Waals surface area (Å²) in [6, 6.07) is 9.43. The predicted octanol–water partition coefficient (Wildman–Crippen LogP) is 4.28. The minimum atomic E-state index is -3.74. The van der Waals surface area contributed by atoms with E-state index in [4.69, 9.17) is 11.6 Å². The Morgan fingerprint density at radius 1 is 1.21 bits per heavy atom. The van der Waals surface area contributed by atoms with Gasteiger partial charge in [-0.1, -0.05) is 23.7 Å². The Bertz CT molecular complexity index is 977. The van der Waals surface area contributed by atoms with Crippen molar-refractivity contribution in [3.05, 3.63) is 47.6 Å². The van der Waals surface area contributed by atoms with Crippen LogP contribution < -0.4 is 14.2 Å². The van der Waals surface area contributed by atoms with Crippen molar-refractivity contribution in [3.8, 4) is 11.5 Å². The molecule has 1 aliphatic rings. The highest BCUT2D eigenvalue weighted by Gasteiger charge is 2.44. The smallest absolute Gasteiger partial charge is 0.395 e. The fraction of sp³-hybridized carbons (Fsp3) is 0.0667. The molecule has 0 saturated heterocycles. The summed E-state index contributed by atoms with van der Waals surface area (Å²) in [4.78, 5) is 3.43. The minimum Gasteiger partial charge on any atom is -0.395 e. The number of aromatic amines is 1. The fourth-order valence-corrected chi connectivity index (χ4v) is 3.62. The maximum Gasteiger partial charge on any atom is 0.586 e. The molecular formula is C15H9ClF2N2O3S. The van der Waals surface area contributed by atoms with Crippen LogP contribution in [0.3, 0.4) is 0 Å². The molecule has 0 radical (unpaired) electrons. The van der Waals surface area contributed by atoms with Crippen molar-refractivity contribution in [1.82, 2.24) is 4.98 Å². The van der Waals surface area contributed by atoms with E-state index in [-0.39, 0.29) is 17.2 Å². The van der Waals surface area contributed by atoms with Gasteiger partial charge in [0.1, 0.15) is 0 Å². The Morgan fingerprint density at radius 3 is 2.88 bits per heavy atom. The second-order valence-electron chi connectivity index (χ2n) is 5.01. The molecule has 1 aromatic heterocycles. The van der Waals surface area contributed by atoms with Gasteiger partial charge in [-0.05, 0) is 24.3 Å². The topological polar surface area (TPSA) is 63.4 Å². The zero-order valence-corrected chi connectivity index (χ0v) is 13.4. The number of ether oxygens (including phenoxy) is 2. The number of fused-ring (bicyclic) bond motifs is 2. The standard InChI is InChI=1S/C15H9ClF2N2O3S/c16-8-4-5-9-11(6-8)19-7-13(9)24(21)20-10-2-1-3-12-14(10)23-15(17,18)22-12/h1-7,19-20H. The summed E-state index contributed by atoms with van der Waals surface area (Å²) in [5.41, 5.74) is 0.864. The van der Waals surface area contributed by atoms with Crippen LogP contribution in [0.15, 0.2) is 47.5 Å². The van der Waals surface area contributed by atoms with Crippen molar-refractivity contribution in [2.45, 2.75) is 11.2 Å². The number of anilines is 1. The van der Waals surface area contributed by atoms with Gasteiger partial charge in [0.25, 0.3) is 0 Å². The molecule has 1 unspecified atom stereocenters. The first-order valence-corrected chi connectivity index (χ1v) is 8.30. The molecule has 0 saturated carbocycles. The zero-order chi connectivity index (χ0) is 16.9. The first-order valence-electron chi connectivity index (χ1n) is 6.77. The molecule has 0 spiro atoms. The zero-order valence-electron chi connectivity index (χ0n) is 11.8. The monoisotopic (exact) mass is 370 g/mol. The third-order valence-corrected chi connectivity index (χ3v) is 4.81. The molecule has 1 aliphatic heterocycles. The number of rotatable bonds is 3. The van der Waals surface area contributed by atoms with Gasteiger partial charge >= 0.3 is 6.29 Å². The first-order chi connectivity index (χ1) is 11.4. The number of hydrogen-bond donors (Lipinski definition) is 2. The van der Waals surface area contributed by atoms with Gasteiger partial charge in [0.2, 0.25) is 0 Å². The molecule has 9 heteroatoms. The average molecular weight is 371 g/mol. The van der Waals surface area contributed by atoms with Crippen molar-refractivity contribution in [1.29, 1.82) is 0 Å². The molecule has 4 rings (SSSR count). The molecule has 24 heavy (non-hydrogen) atoms. The second-order valence-corrected chi connectivity index (χ2v) is 6.63. The lowest BCUT2D eigenvalue weighted by Gasteiger charge is -2.09. The Labute approximate surface area is 142 Å². The van der Waals surface area contributed by atoms with Gasteiger partial charge in [-0.2, -0.15) is 0 Å². The van der Waals surface area contributed by atoms with Crippen LogP contribution in [0.1, 0.15) is 0 Å². The SMILES string of the molecule is O=S(Nc1cccc2c1OC(F)(F)O2)c1c[nH]c2cc(Cl)ccc12. The van der Waals surface area contributed by atoms with Crippen LogP contribution in [0, 0.1) is 0 Å². The van der Waals surface area contributed by atoms with E-state index in [2.05, 4.69) is 19.2 Å². The number of aromatic nitrogens is 1. The molecule has 0 bridgehead atoms. The van der Waals surface area contributed by atoms with E-state index < -0.39 is 17.3 Å². The maximum atomic E-state index is 13.2. The number of hydrogen-bond acceptors (Lipinski definition) is 3. The highest BCUT2D eigenvalue weighted by atomic mass is 35.5. The Kier molecular flexibility index (Phi) is 3.40. The van der Waals surface area contributed by atoms with Gasteiger partial charge in [-0.3, -0.25) is 4.72 Å². The van der Waals surface area contributed by atoms with Gasteiger partial charge in [0.05, 0.1) is 10.6 Å². The lowest BCUT2D eigenvalue weighted by atomic mass is 10.2. The second kappa shape index (κ2) is 5.35. The van der Waals surface area contributed by atoms with Crippen LogP contribution in [0.25, 0.3) is 10.9 Å². The summed E-state index contributed by atoms with van der Waals surface area (Å²) in [6.45, 7) is 0. The molecule has 1 atom stereocenters. The summed E-state index contributed by atoms with van der Waals surface area (Å²) in [5, 5.41) is 1.25. The van der Waals surface area contributed by atoms with Crippen LogP contribution in [0.4, 0.5) is 14.5 Å². The van der Waals surface area contributed by atoms with Crippen molar-refractivity contribution >= 4 is 39.2 Å². The fourth-order valence-electron chi connectivity index (χ4n) is 2.43. The molecule has 3 aromatic rings. The van der Waals surface area contributed by atoms with E-state index in [9.17, 15) is 13.0 Å². The summed E-state index contributed by atoms with van der Waals surface area (Å²) < 4.78 is 50.5. The molecular weight excluding hydrogens is 362 g/mol. The van der Waals surface area contributed by atoms with Crippen molar-refractivity contribution in [2.24, 2.45) is 0 Å². The Balaban J connectivity index is 1.67. The normalized spacial score (nSPS) is 16.3. The molecule has 0 aliphatic carbocycles. The average Bonchev–Trinajstić information content (AvgIpc) is 3.06. The molecule has 124 valence electrons. The summed E-state index contributed by atoms with van der Waals surface area (Å²) in [7, 11) is -1.71. The Morgan fingerprint density at radius 2 is 2.04 bits per heavy atom. The van der Waals surface area contributed by atoms with Crippen LogP contribution >= 0.6 is 11.6 Å². The predicted molar refractivity (Wildman–Crippen MR) is 86.0 cm³/mol. The third kappa shape index (κ3) is 2.57. The maximum absolute atomic E-state index is 13.2. The van der Waals surface area contributed by atoms with Crippen molar-refractivity contribution in [3.63, 3.8) is 0 Å². The highest BCUT2D eigenvalue weighted by molar-refractivity contribution is 7.86. The summed E-state index contributed by atoms with van der Waals surface area (Å²) in [6.07, 6.45) is -2.17. The van der Waals surface area contributed by atoms with Crippen LogP contribution in [-0.4, -0.2) is 15.5 Å². The molecule has 2 aromatic carbocycles. The van der Waals surface area contributed by atoms with Gasteiger partial charge < -0.3 is 14.5 Å². The summed E-state index contributed by atoms with van der Waals surface area (Å²) in [5.74, 6) is -0.300. The van der Waals surface area contributed by atoms with Gasteiger partial charge in [-0.25, -0.2) is 4.21 Å². The van der Waals surface area contributed by atoms with E-state index in [0.717, 1.165) is 5.52 Å². The third-order valence-electron chi connectivity index (χ3n) is 3.44. The van der Waals surface area contributed by atoms with E-state index in [1.54, 1.807) is 24.4 Å². The largest absolute Gasteiger partial charge is 0.586 e. The van der Waals surface area contributed by atoms with Crippen LogP contribution in [-0.2, 0) is 11.0 Å². The van der Waals surface area contributed by atoms with Gasteiger partial charge in [-0.15, -0.1) is 8.78 Å². The molecule has 2 heterocycles.